The van der Waals surface area contributed by atoms with E-state index in [4.69, 9.17) is 4.74 Å². The topological polar surface area (TPSA) is 96.5 Å². The van der Waals surface area contributed by atoms with Gasteiger partial charge in [-0.3, -0.25) is 9.59 Å². The number of ketones is 2. The summed E-state index contributed by atoms with van der Waals surface area (Å²) >= 11 is 0. The molecule has 1 heterocycles. The number of phenols is 1. The maximum atomic E-state index is 12.7. The van der Waals surface area contributed by atoms with Crippen LogP contribution in [0.15, 0.2) is 48.5 Å². The molecule has 3 aromatic rings. The highest BCUT2D eigenvalue weighted by Crippen LogP contribution is 2.23. The first-order valence-electron chi connectivity index (χ1n) is 9.53. The summed E-state index contributed by atoms with van der Waals surface area (Å²) in [6.45, 7) is 6.38. The van der Waals surface area contributed by atoms with E-state index >= 15 is 0 Å². The molecule has 0 radical (unpaired) electrons. The van der Waals surface area contributed by atoms with Crippen LogP contribution in [0, 0.1) is 13.8 Å². The Morgan fingerprint density at radius 3 is 1.97 bits per heavy atom. The average molecular weight is 405 g/mol. The normalized spacial score (nSPS) is 11.7. The lowest BCUT2D eigenvalue weighted by molar-refractivity contribution is 0.0317. The van der Waals surface area contributed by atoms with Crippen LogP contribution in [-0.2, 0) is 4.74 Å². The molecule has 154 valence electrons. The van der Waals surface area contributed by atoms with Gasteiger partial charge in [0, 0.05) is 11.3 Å². The van der Waals surface area contributed by atoms with Crippen LogP contribution in [0.4, 0.5) is 0 Å². The Morgan fingerprint density at radius 2 is 1.47 bits per heavy atom. The van der Waals surface area contributed by atoms with E-state index in [9.17, 15) is 19.5 Å². The number of Topliss-reactive ketones (excluding diaryl/α,β-unsaturated/α-hetero) is 2. The predicted molar refractivity (Wildman–Crippen MR) is 113 cm³/mol. The van der Waals surface area contributed by atoms with Gasteiger partial charge in [0.15, 0.2) is 11.9 Å². The van der Waals surface area contributed by atoms with Crippen LogP contribution in [0.25, 0.3) is 11.1 Å². The van der Waals surface area contributed by atoms with Crippen molar-refractivity contribution in [2.45, 2.75) is 33.8 Å². The smallest absolute Gasteiger partial charge is 0.338 e. The third-order valence-electron chi connectivity index (χ3n) is 5.01. The van der Waals surface area contributed by atoms with Crippen molar-refractivity contribution in [1.29, 1.82) is 0 Å². The number of hydrogen-bond donors (Lipinski definition) is 2. The van der Waals surface area contributed by atoms with Crippen LogP contribution in [0.2, 0.25) is 0 Å². The first-order chi connectivity index (χ1) is 14.2. The van der Waals surface area contributed by atoms with E-state index in [0.717, 1.165) is 11.1 Å². The molecule has 0 amide bonds. The van der Waals surface area contributed by atoms with Crippen LogP contribution in [0.3, 0.4) is 0 Å². The zero-order valence-electron chi connectivity index (χ0n) is 17.3. The molecule has 0 aliphatic rings. The Balaban J connectivity index is 1.72. The summed E-state index contributed by atoms with van der Waals surface area (Å²) in [5.41, 5.74) is 4.04. The summed E-state index contributed by atoms with van der Waals surface area (Å²) in [5.74, 6) is -0.947. The molecule has 30 heavy (non-hydrogen) atoms. The van der Waals surface area contributed by atoms with Gasteiger partial charge in [0.25, 0.3) is 0 Å². The lowest BCUT2D eigenvalue weighted by atomic mass is 10.0. The molecule has 0 spiro atoms. The molecule has 3 rings (SSSR count). The number of aryl methyl sites for hydroxylation is 1. The standard InChI is InChI=1S/C24H23NO5/c1-13-21(15(3)26)14(2)25-22(13)23(28)16(4)30-24(29)19-7-5-17(6-8-19)18-9-11-20(27)12-10-18/h5-12,16,25,27H,1-4H3/t16-/m1/s1. The van der Waals surface area contributed by atoms with Gasteiger partial charge in [-0.05, 0) is 68.7 Å². The molecule has 2 aromatic carbocycles. The molecular formula is C24H23NO5. The number of carbonyl (C=O) groups excluding carboxylic acids is 3. The second-order valence-electron chi connectivity index (χ2n) is 7.22. The highest BCUT2D eigenvalue weighted by atomic mass is 16.5. The van der Waals surface area contributed by atoms with E-state index in [1.54, 1.807) is 62.4 Å². The SMILES string of the molecule is CC(=O)c1c(C)[nH]c(C(=O)[C@@H](C)OC(=O)c2ccc(-c3ccc(O)cc3)cc2)c1C. The first-order valence-corrected chi connectivity index (χ1v) is 9.53. The molecule has 1 atom stereocenters. The minimum atomic E-state index is -1.01. The first kappa shape index (κ1) is 21.0. The number of rotatable bonds is 6. The van der Waals surface area contributed by atoms with E-state index in [1.165, 1.54) is 13.8 Å². The van der Waals surface area contributed by atoms with Gasteiger partial charge in [-0.15, -0.1) is 0 Å². The largest absolute Gasteiger partial charge is 0.508 e. The summed E-state index contributed by atoms with van der Waals surface area (Å²) in [7, 11) is 0. The molecule has 0 aliphatic heterocycles. The number of hydrogen-bond acceptors (Lipinski definition) is 5. The van der Waals surface area contributed by atoms with Gasteiger partial charge in [0.05, 0.1) is 11.3 Å². The van der Waals surface area contributed by atoms with Crippen molar-refractivity contribution in [2.75, 3.05) is 0 Å². The van der Waals surface area contributed by atoms with E-state index < -0.39 is 17.9 Å². The number of aromatic amines is 1. The van der Waals surface area contributed by atoms with E-state index in [2.05, 4.69) is 4.98 Å². The number of benzene rings is 2. The number of aromatic nitrogens is 1. The van der Waals surface area contributed by atoms with Crippen LogP contribution in [-0.4, -0.2) is 33.7 Å². The number of esters is 1. The molecule has 0 bridgehead atoms. The monoisotopic (exact) mass is 405 g/mol. The minimum absolute atomic E-state index is 0.126. The van der Waals surface area contributed by atoms with Crippen molar-refractivity contribution in [2.24, 2.45) is 0 Å². The lowest BCUT2D eigenvalue weighted by Gasteiger charge is -2.12. The highest BCUT2D eigenvalue weighted by Gasteiger charge is 2.26. The Bertz CT molecular complexity index is 1110. The van der Waals surface area contributed by atoms with Crippen molar-refractivity contribution < 1.29 is 24.2 Å². The Morgan fingerprint density at radius 1 is 0.933 bits per heavy atom. The molecule has 1 aromatic heterocycles. The summed E-state index contributed by atoms with van der Waals surface area (Å²) in [6, 6.07) is 13.5. The van der Waals surface area contributed by atoms with Gasteiger partial charge >= 0.3 is 5.97 Å². The number of nitrogens with one attached hydrogen (secondary N) is 1. The van der Waals surface area contributed by atoms with Crippen molar-refractivity contribution in [3.05, 3.63) is 76.6 Å². The quantitative estimate of drug-likeness (QED) is 0.460. The maximum absolute atomic E-state index is 12.7. The third-order valence-corrected chi connectivity index (χ3v) is 5.01. The number of phenolic OH excluding ortho intramolecular Hbond substituents is 1. The number of ether oxygens (including phenoxy) is 1. The number of aromatic hydroxyl groups is 1. The number of carbonyl (C=O) groups is 3. The second kappa shape index (κ2) is 8.37. The molecule has 0 saturated carbocycles. The van der Waals surface area contributed by atoms with Crippen molar-refractivity contribution in [3.8, 4) is 16.9 Å². The lowest BCUT2D eigenvalue weighted by Crippen LogP contribution is -2.25. The Hall–Kier alpha value is -3.67. The third kappa shape index (κ3) is 4.17. The molecule has 6 heteroatoms. The number of H-pyrrole nitrogens is 1. The maximum Gasteiger partial charge on any atom is 0.338 e. The summed E-state index contributed by atoms with van der Waals surface area (Å²) < 4.78 is 5.35. The van der Waals surface area contributed by atoms with Gasteiger partial charge in [0.2, 0.25) is 5.78 Å². The van der Waals surface area contributed by atoms with Crippen LogP contribution in [0.5, 0.6) is 5.75 Å². The second-order valence-corrected chi connectivity index (χ2v) is 7.22. The zero-order valence-corrected chi connectivity index (χ0v) is 17.3. The van der Waals surface area contributed by atoms with E-state index in [0.29, 0.717) is 22.4 Å². The Kier molecular flexibility index (Phi) is 5.87. The van der Waals surface area contributed by atoms with E-state index in [1.807, 2.05) is 0 Å². The Labute approximate surface area is 174 Å². The van der Waals surface area contributed by atoms with Crippen LogP contribution in [0.1, 0.15) is 56.3 Å². The van der Waals surface area contributed by atoms with Crippen LogP contribution >= 0.6 is 0 Å². The minimum Gasteiger partial charge on any atom is -0.508 e. The predicted octanol–water partition coefficient (Wildman–Crippen LogP) is 4.63. The highest BCUT2D eigenvalue weighted by molar-refractivity contribution is 6.05. The van der Waals surface area contributed by atoms with Crippen molar-refractivity contribution in [3.63, 3.8) is 0 Å². The van der Waals surface area contributed by atoms with Gasteiger partial charge in [0.1, 0.15) is 5.75 Å². The summed E-state index contributed by atoms with van der Waals surface area (Å²) in [4.78, 5) is 39.9. The molecule has 2 N–H and O–H groups in total. The van der Waals surface area contributed by atoms with Gasteiger partial charge in [-0.2, -0.15) is 0 Å². The molecule has 0 aliphatic carbocycles. The molecule has 0 unspecified atom stereocenters. The summed E-state index contributed by atoms with van der Waals surface area (Å²) in [5, 5.41) is 9.38. The summed E-state index contributed by atoms with van der Waals surface area (Å²) in [6.07, 6.45) is -1.01. The van der Waals surface area contributed by atoms with Crippen molar-refractivity contribution in [1.82, 2.24) is 4.98 Å². The van der Waals surface area contributed by atoms with Gasteiger partial charge in [-0.1, -0.05) is 24.3 Å². The fraction of sp³-hybridized carbons (Fsp3) is 0.208. The fourth-order valence-electron chi connectivity index (χ4n) is 3.46. The molecule has 0 saturated heterocycles. The molecule has 0 fully saturated rings. The van der Waals surface area contributed by atoms with Gasteiger partial charge < -0.3 is 14.8 Å². The van der Waals surface area contributed by atoms with Crippen molar-refractivity contribution >= 4 is 17.5 Å². The molecular weight excluding hydrogens is 382 g/mol. The van der Waals surface area contributed by atoms with E-state index in [-0.39, 0.29) is 17.2 Å². The van der Waals surface area contributed by atoms with Gasteiger partial charge in [-0.25, -0.2) is 4.79 Å². The average Bonchev–Trinajstić information content (AvgIpc) is 3.02. The molecule has 6 nitrogen and oxygen atoms in total. The zero-order chi connectivity index (χ0) is 22.0. The van der Waals surface area contributed by atoms with Crippen LogP contribution < -0.4 is 0 Å². The fourth-order valence-corrected chi connectivity index (χ4v) is 3.46.